The molecular formula is C17H19N5O5S. The van der Waals surface area contributed by atoms with Crippen molar-refractivity contribution in [1.82, 2.24) is 20.2 Å². The Morgan fingerprint density at radius 3 is 2.50 bits per heavy atom. The number of anilines is 1. The van der Waals surface area contributed by atoms with Crippen molar-refractivity contribution in [2.45, 2.75) is 11.8 Å². The number of sulfonamides is 1. The molecule has 0 spiro atoms. The molecule has 0 bridgehead atoms. The molecule has 0 aliphatic heterocycles. The Kier molecular flexibility index (Phi) is 4.96. The van der Waals surface area contributed by atoms with Crippen molar-refractivity contribution in [2.24, 2.45) is 7.05 Å². The lowest BCUT2D eigenvalue weighted by Gasteiger charge is -2.22. The highest BCUT2D eigenvalue weighted by atomic mass is 32.2. The molecule has 1 aromatic carbocycles. The quantitative estimate of drug-likeness (QED) is 0.483. The number of ether oxygens (including phenoxy) is 1. The smallest absolute Gasteiger partial charge is 0.278 e. The van der Waals surface area contributed by atoms with E-state index in [0.29, 0.717) is 22.5 Å². The van der Waals surface area contributed by atoms with Crippen LogP contribution in [0.4, 0.5) is 5.69 Å². The standard InChI is InChI=1S/C17H19N5O5S/c1-10-14-15(13(17(23)20-24)9-18-16(14)21(2)19-10)22(3)28(25,26)12-7-5-11(27-4)6-8-12/h5-9,24H,1-4H3,(H,20,23). The zero-order valence-electron chi connectivity index (χ0n) is 15.7. The summed E-state index contributed by atoms with van der Waals surface area (Å²) in [5, 5.41) is 13.7. The van der Waals surface area contributed by atoms with Gasteiger partial charge in [0.1, 0.15) is 5.75 Å². The van der Waals surface area contributed by atoms with Crippen LogP contribution in [0.25, 0.3) is 11.0 Å². The van der Waals surface area contributed by atoms with E-state index in [2.05, 4.69) is 10.1 Å². The van der Waals surface area contributed by atoms with Gasteiger partial charge < -0.3 is 4.74 Å². The average Bonchev–Trinajstić information content (AvgIpc) is 2.99. The minimum absolute atomic E-state index is 0.0117. The molecule has 0 aliphatic carbocycles. The largest absolute Gasteiger partial charge is 0.497 e. The first kappa shape index (κ1) is 19.6. The second kappa shape index (κ2) is 7.09. The lowest BCUT2D eigenvalue weighted by Crippen LogP contribution is -2.30. The number of fused-ring (bicyclic) bond motifs is 1. The van der Waals surface area contributed by atoms with Gasteiger partial charge in [0.25, 0.3) is 15.9 Å². The molecule has 148 valence electrons. The predicted octanol–water partition coefficient (Wildman–Crippen LogP) is 1.23. The van der Waals surface area contributed by atoms with Crippen LogP contribution < -0.4 is 14.5 Å². The molecule has 0 saturated heterocycles. The van der Waals surface area contributed by atoms with Gasteiger partial charge in [-0.2, -0.15) is 5.10 Å². The number of hydrogen-bond donors (Lipinski definition) is 2. The fourth-order valence-electron chi connectivity index (χ4n) is 2.97. The van der Waals surface area contributed by atoms with Gasteiger partial charge in [-0.05, 0) is 31.2 Å². The van der Waals surface area contributed by atoms with E-state index in [1.165, 1.54) is 54.8 Å². The first-order valence-electron chi connectivity index (χ1n) is 8.12. The maximum Gasteiger partial charge on any atom is 0.278 e. The summed E-state index contributed by atoms with van der Waals surface area (Å²) in [4.78, 5) is 16.4. The molecule has 0 atom stereocenters. The van der Waals surface area contributed by atoms with E-state index in [4.69, 9.17) is 9.94 Å². The number of methoxy groups -OCH3 is 1. The summed E-state index contributed by atoms with van der Waals surface area (Å²) in [6.45, 7) is 1.68. The van der Waals surface area contributed by atoms with Crippen LogP contribution in [0.5, 0.6) is 5.75 Å². The SMILES string of the molecule is COc1ccc(S(=O)(=O)N(C)c2c(C(=O)NO)cnc3c2c(C)nn3C)cc1. The Morgan fingerprint density at radius 2 is 1.93 bits per heavy atom. The third kappa shape index (κ3) is 3.04. The van der Waals surface area contributed by atoms with E-state index in [9.17, 15) is 13.2 Å². The first-order chi connectivity index (χ1) is 13.2. The van der Waals surface area contributed by atoms with Gasteiger partial charge in [-0.15, -0.1) is 0 Å². The number of rotatable bonds is 5. The lowest BCUT2D eigenvalue weighted by molar-refractivity contribution is 0.0707. The molecule has 28 heavy (non-hydrogen) atoms. The number of carbonyl (C=O) groups excluding carboxylic acids is 1. The summed E-state index contributed by atoms with van der Waals surface area (Å²) < 4.78 is 33.9. The van der Waals surface area contributed by atoms with Gasteiger partial charge in [-0.3, -0.25) is 19.0 Å². The lowest BCUT2D eigenvalue weighted by atomic mass is 10.1. The summed E-state index contributed by atoms with van der Waals surface area (Å²) in [6.07, 6.45) is 1.20. The molecule has 0 saturated carbocycles. The van der Waals surface area contributed by atoms with Crippen molar-refractivity contribution in [3.05, 3.63) is 41.7 Å². The molecule has 3 rings (SSSR count). The van der Waals surface area contributed by atoms with Crippen molar-refractivity contribution < 1.29 is 23.2 Å². The number of pyridine rings is 1. The van der Waals surface area contributed by atoms with Gasteiger partial charge in [-0.1, -0.05) is 0 Å². The number of aromatic nitrogens is 3. The average molecular weight is 405 g/mol. The van der Waals surface area contributed by atoms with E-state index in [-0.39, 0.29) is 16.1 Å². The Bertz CT molecular complexity index is 1150. The van der Waals surface area contributed by atoms with Crippen LogP contribution in [0.1, 0.15) is 16.1 Å². The Labute approximate surface area is 161 Å². The molecule has 1 amide bonds. The maximum atomic E-state index is 13.2. The molecule has 2 aromatic heterocycles. The summed E-state index contributed by atoms with van der Waals surface area (Å²) in [5.74, 6) is -0.374. The van der Waals surface area contributed by atoms with Crippen LogP contribution in [-0.2, 0) is 17.1 Å². The monoisotopic (exact) mass is 405 g/mol. The molecule has 10 nitrogen and oxygen atoms in total. The topological polar surface area (TPSA) is 127 Å². The van der Waals surface area contributed by atoms with Crippen LogP contribution in [0.2, 0.25) is 0 Å². The first-order valence-corrected chi connectivity index (χ1v) is 9.56. The highest BCUT2D eigenvalue weighted by molar-refractivity contribution is 7.92. The fraction of sp³-hybridized carbons (Fsp3) is 0.235. The third-order valence-corrected chi connectivity index (χ3v) is 6.15. The zero-order chi connectivity index (χ0) is 20.6. The number of hydroxylamine groups is 1. The van der Waals surface area contributed by atoms with Gasteiger partial charge in [-0.25, -0.2) is 18.9 Å². The molecule has 0 fully saturated rings. The number of benzene rings is 1. The summed E-state index contributed by atoms with van der Waals surface area (Å²) in [7, 11) is 0.442. The Morgan fingerprint density at radius 1 is 1.29 bits per heavy atom. The highest BCUT2D eigenvalue weighted by Crippen LogP contribution is 2.34. The number of nitrogens with one attached hydrogen (secondary N) is 1. The van der Waals surface area contributed by atoms with Crippen LogP contribution in [0.3, 0.4) is 0 Å². The second-order valence-corrected chi connectivity index (χ2v) is 7.99. The van der Waals surface area contributed by atoms with Crippen LogP contribution >= 0.6 is 0 Å². The third-order valence-electron chi connectivity index (χ3n) is 4.38. The molecule has 2 heterocycles. The molecule has 2 N–H and O–H groups in total. The number of nitrogens with zero attached hydrogens (tertiary/aromatic N) is 4. The minimum Gasteiger partial charge on any atom is -0.497 e. The van der Waals surface area contributed by atoms with E-state index >= 15 is 0 Å². The fourth-order valence-corrected chi connectivity index (χ4v) is 4.20. The van der Waals surface area contributed by atoms with Gasteiger partial charge in [0.15, 0.2) is 5.65 Å². The number of hydrogen-bond acceptors (Lipinski definition) is 7. The summed E-state index contributed by atoms with van der Waals surface area (Å²) in [6, 6.07) is 5.87. The minimum atomic E-state index is -4.03. The van der Waals surface area contributed by atoms with Crippen LogP contribution in [0, 0.1) is 6.92 Å². The number of aryl methyl sites for hydroxylation is 2. The van der Waals surface area contributed by atoms with E-state index < -0.39 is 15.9 Å². The Hall–Kier alpha value is -3.18. The van der Waals surface area contributed by atoms with E-state index in [1.54, 1.807) is 14.0 Å². The zero-order valence-corrected chi connectivity index (χ0v) is 16.5. The molecule has 0 radical (unpaired) electrons. The molecule has 11 heteroatoms. The number of carbonyl (C=O) groups is 1. The van der Waals surface area contributed by atoms with E-state index in [0.717, 1.165) is 4.31 Å². The van der Waals surface area contributed by atoms with Crippen molar-refractivity contribution in [3.8, 4) is 5.75 Å². The van der Waals surface area contributed by atoms with Crippen LogP contribution in [0.15, 0.2) is 35.4 Å². The summed E-state index contributed by atoms with van der Waals surface area (Å²) in [5.41, 5.74) is 2.38. The van der Waals surface area contributed by atoms with Crippen molar-refractivity contribution in [3.63, 3.8) is 0 Å². The second-order valence-electron chi connectivity index (χ2n) is 6.02. The van der Waals surface area contributed by atoms with Crippen LogP contribution in [-0.4, -0.2) is 48.5 Å². The number of amides is 1. The van der Waals surface area contributed by atoms with Crippen molar-refractivity contribution >= 4 is 32.7 Å². The predicted molar refractivity (Wildman–Crippen MR) is 101 cm³/mol. The summed E-state index contributed by atoms with van der Waals surface area (Å²) >= 11 is 0. The van der Waals surface area contributed by atoms with E-state index in [1.807, 2.05) is 0 Å². The molecule has 0 aliphatic rings. The molecular weight excluding hydrogens is 386 g/mol. The van der Waals surface area contributed by atoms with Gasteiger partial charge >= 0.3 is 0 Å². The van der Waals surface area contributed by atoms with Gasteiger partial charge in [0.05, 0.1) is 34.3 Å². The highest BCUT2D eigenvalue weighted by Gasteiger charge is 2.29. The molecule has 3 aromatic rings. The maximum absolute atomic E-state index is 13.2. The van der Waals surface area contributed by atoms with Crippen molar-refractivity contribution in [1.29, 1.82) is 0 Å². The Balaban J connectivity index is 2.26. The van der Waals surface area contributed by atoms with Crippen molar-refractivity contribution in [2.75, 3.05) is 18.5 Å². The van der Waals surface area contributed by atoms with Gasteiger partial charge in [0, 0.05) is 20.3 Å². The molecule has 0 unspecified atom stereocenters. The van der Waals surface area contributed by atoms with Gasteiger partial charge in [0.2, 0.25) is 0 Å². The normalized spacial score (nSPS) is 11.5.